The largest absolute Gasteiger partial charge is 0.376 e. The molecule has 7 heteroatoms. The highest BCUT2D eigenvalue weighted by Crippen LogP contribution is 2.27. The molecule has 0 radical (unpaired) electrons. The molecular formula is C10H12ClN3O3. The number of nitro groups is 1. The molecule has 1 aromatic carbocycles. The first-order chi connectivity index (χ1) is 8.04. The number of nitrogens with zero attached hydrogens (tertiary/aromatic N) is 1. The highest BCUT2D eigenvalue weighted by atomic mass is 35.5. The van der Waals surface area contributed by atoms with Crippen LogP contribution >= 0.6 is 11.6 Å². The number of rotatable bonds is 5. The summed E-state index contributed by atoms with van der Waals surface area (Å²) >= 11 is 5.65. The van der Waals surface area contributed by atoms with Crippen molar-refractivity contribution in [3.05, 3.63) is 33.3 Å². The van der Waals surface area contributed by atoms with E-state index in [1.54, 1.807) is 6.07 Å². The molecule has 0 aliphatic heterocycles. The van der Waals surface area contributed by atoms with E-state index in [4.69, 9.17) is 11.6 Å². The number of nitro benzene ring substituents is 1. The lowest BCUT2D eigenvalue weighted by Crippen LogP contribution is -2.29. The van der Waals surface area contributed by atoms with Crippen LogP contribution in [0.5, 0.6) is 0 Å². The number of nitrogens with one attached hydrogen (secondary N) is 2. The summed E-state index contributed by atoms with van der Waals surface area (Å²) in [5.41, 5.74) is 0.292. The van der Waals surface area contributed by atoms with Gasteiger partial charge < -0.3 is 10.6 Å². The van der Waals surface area contributed by atoms with Crippen molar-refractivity contribution in [3.8, 4) is 0 Å². The van der Waals surface area contributed by atoms with Crippen molar-refractivity contribution in [1.29, 1.82) is 0 Å². The van der Waals surface area contributed by atoms with Gasteiger partial charge in [-0.25, -0.2) is 0 Å². The highest BCUT2D eigenvalue weighted by molar-refractivity contribution is 6.32. The van der Waals surface area contributed by atoms with Crippen molar-refractivity contribution >= 4 is 28.9 Å². The zero-order valence-electron chi connectivity index (χ0n) is 9.20. The summed E-state index contributed by atoms with van der Waals surface area (Å²) in [5.74, 6) is -0.176. The fraction of sp³-hybridized carbons (Fsp3) is 0.300. The molecule has 17 heavy (non-hydrogen) atoms. The van der Waals surface area contributed by atoms with Crippen LogP contribution in [-0.2, 0) is 4.79 Å². The third-order valence-electron chi connectivity index (χ3n) is 1.97. The zero-order chi connectivity index (χ0) is 12.8. The lowest BCUT2D eigenvalue weighted by Gasteiger charge is -2.06. The van der Waals surface area contributed by atoms with Gasteiger partial charge in [0.2, 0.25) is 5.91 Å². The fourth-order valence-electron chi connectivity index (χ4n) is 1.20. The van der Waals surface area contributed by atoms with Crippen molar-refractivity contribution < 1.29 is 9.72 Å². The van der Waals surface area contributed by atoms with Gasteiger partial charge in [-0.1, -0.05) is 11.6 Å². The second kappa shape index (κ2) is 6.05. The second-order valence-corrected chi connectivity index (χ2v) is 3.64. The predicted octanol–water partition coefficient (Wildman–Crippen LogP) is 1.80. The minimum atomic E-state index is -0.570. The molecule has 0 aliphatic carbocycles. The maximum absolute atomic E-state index is 11.2. The van der Waals surface area contributed by atoms with E-state index in [-0.39, 0.29) is 23.2 Å². The van der Waals surface area contributed by atoms with Crippen LogP contribution in [0.2, 0.25) is 5.02 Å². The lowest BCUT2D eigenvalue weighted by molar-refractivity contribution is -0.384. The molecule has 0 saturated carbocycles. The Morgan fingerprint density at radius 3 is 2.82 bits per heavy atom. The fourth-order valence-corrected chi connectivity index (χ4v) is 1.39. The molecule has 0 spiro atoms. The van der Waals surface area contributed by atoms with Crippen LogP contribution in [0.4, 0.5) is 11.4 Å². The number of carbonyl (C=O) groups excluding carboxylic acids is 1. The van der Waals surface area contributed by atoms with E-state index in [9.17, 15) is 14.9 Å². The Balaban J connectivity index is 2.69. The number of carbonyl (C=O) groups is 1. The van der Waals surface area contributed by atoms with Gasteiger partial charge in [-0.2, -0.15) is 0 Å². The summed E-state index contributed by atoms with van der Waals surface area (Å²) in [6.45, 7) is 2.42. The van der Waals surface area contributed by atoms with Crippen LogP contribution in [0, 0.1) is 10.1 Å². The van der Waals surface area contributed by atoms with Crippen LogP contribution in [0.15, 0.2) is 18.2 Å². The van der Waals surface area contributed by atoms with Crippen LogP contribution in [0.3, 0.4) is 0 Å². The molecule has 0 bridgehead atoms. The number of likely N-dealkylation sites (N-methyl/N-ethyl adjacent to an activating group) is 1. The first-order valence-electron chi connectivity index (χ1n) is 4.99. The minimum Gasteiger partial charge on any atom is -0.376 e. The maximum atomic E-state index is 11.2. The first-order valence-corrected chi connectivity index (χ1v) is 5.37. The number of hydrogen-bond acceptors (Lipinski definition) is 4. The number of benzene rings is 1. The summed E-state index contributed by atoms with van der Waals surface area (Å²) in [6, 6.07) is 4.29. The maximum Gasteiger partial charge on any atom is 0.289 e. The summed E-state index contributed by atoms with van der Waals surface area (Å²) in [7, 11) is 0. The van der Waals surface area contributed by atoms with Gasteiger partial charge in [-0.05, 0) is 19.1 Å². The normalized spacial score (nSPS) is 9.76. The molecule has 0 aromatic heterocycles. The Morgan fingerprint density at radius 2 is 2.24 bits per heavy atom. The van der Waals surface area contributed by atoms with Crippen molar-refractivity contribution in [2.45, 2.75) is 6.92 Å². The van der Waals surface area contributed by atoms with E-state index in [2.05, 4.69) is 10.6 Å². The smallest absolute Gasteiger partial charge is 0.289 e. The van der Waals surface area contributed by atoms with Gasteiger partial charge >= 0.3 is 0 Å². The molecule has 0 unspecified atom stereocenters. The molecule has 1 rings (SSSR count). The van der Waals surface area contributed by atoms with E-state index >= 15 is 0 Å². The van der Waals surface area contributed by atoms with Crippen LogP contribution < -0.4 is 10.6 Å². The minimum absolute atomic E-state index is 0.0621. The van der Waals surface area contributed by atoms with E-state index in [1.165, 1.54) is 12.1 Å². The van der Waals surface area contributed by atoms with Crippen LogP contribution in [0.1, 0.15) is 6.92 Å². The molecule has 0 heterocycles. The van der Waals surface area contributed by atoms with E-state index in [0.717, 1.165) is 0 Å². The molecule has 6 nitrogen and oxygen atoms in total. The van der Waals surface area contributed by atoms with Gasteiger partial charge in [-0.3, -0.25) is 14.9 Å². The number of anilines is 1. The molecule has 92 valence electrons. The molecule has 2 N–H and O–H groups in total. The second-order valence-electron chi connectivity index (χ2n) is 3.23. The van der Waals surface area contributed by atoms with Gasteiger partial charge in [0.15, 0.2) is 0 Å². The van der Waals surface area contributed by atoms with Crippen LogP contribution in [0.25, 0.3) is 0 Å². The van der Waals surface area contributed by atoms with Crippen molar-refractivity contribution in [2.24, 2.45) is 0 Å². The summed E-state index contributed by atoms with van der Waals surface area (Å²) < 4.78 is 0. The Morgan fingerprint density at radius 1 is 1.53 bits per heavy atom. The monoisotopic (exact) mass is 257 g/mol. The Kier molecular flexibility index (Phi) is 4.71. The number of amides is 1. The number of hydrogen-bond donors (Lipinski definition) is 2. The Labute approximate surface area is 103 Å². The molecule has 1 amide bonds. The summed E-state index contributed by atoms with van der Waals surface area (Å²) in [4.78, 5) is 21.2. The van der Waals surface area contributed by atoms with Gasteiger partial charge in [0.25, 0.3) is 5.69 Å². The third kappa shape index (κ3) is 3.92. The predicted molar refractivity (Wildman–Crippen MR) is 65.3 cm³/mol. The quantitative estimate of drug-likeness (QED) is 0.622. The van der Waals surface area contributed by atoms with Gasteiger partial charge in [0.05, 0.1) is 11.5 Å². The van der Waals surface area contributed by atoms with E-state index in [0.29, 0.717) is 12.2 Å². The topological polar surface area (TPSA) is 84.3 Å². The van der Waals surface area contributed by atoms with Gasteiger partial charge in [0, 0.05) is 18.3 Å². The SMILES string of the molecule is CCNC(=O)CNc1ccc(Cl)c([N+](=O)[O-])c1. The highest BCUT2D eigenvalue weighted by Gasteiger charge is 2.12. The van der Waals surface area contributed by atoms with Gasteiger partial charge in [0.1, 0.15) is 5.02 Å². The summed E-state index contributed by atoms with van der Waals surface area (Å²) in [6.07, 6.45) is 0. The summed E-state index contributed by atoms with van der Waals surface area (Å²) in [5, 5.41) is 16.1. The lowest BCUT2D eigenvalue weighted by atomic mass is 10.3. The average Bonchev–Trinajstić information content (AvgIpc) is 2.28. The number of halogens is 1. The Bertz CT molecular complexity index is 437. The van der Waals surface area contributed by atoms with Crippen molar-refractivity contribution in [1.82, 2.24) is 5.32 Å². The third-order valence-corrected chi connectivity index (χ3v) is 2.29. The van der Waals surface area contributed by atoms with Crippen molar-refractivity contribution in [3.63, 3.8) is 0 Å². The van der Waals surface area contributed by atoms with Crippen molar-refractivity contribution in [2.75, 3.05) is 18.4 Å². The first kappa shape index (κ1) is 13.2. The van der Waals surface area contributed by atoms with E-state index in [1.807, 2.05) is 6.92 Å². The molecule has 0 aliphatic rings. The standard InChI is InChI=1S/C10H12ClN3O3/c1-2-12-10(15)6-13-7-3-4-8(11)9(5-7)14(16)17/h3-5,13H,2,6H2,1H3,(H,12,15). The molecule has 0 saturated heterocycles. The zero-order valence-corrected chi connectivity index (χ0v) is 9.95. The van der Waals surface area contributed by atoms with Gasteiger partial charge in [-0.15, -0.1) is 0 Å². The Hall–Kier alpha value is -1.82. The molecule has 0 fully saturated rings. The molecule has 0 atom stereocenters. The van der Waals surface area contributed by atoms with Crippen LogP contribution in [-0.4, -0.2) is 23.9 Å². The van der Waals surface area contributed by atoms with E-state index < -0.39 is 4.92 Å². The average molecular weight is 258 g/mol. The molecule has 1 aromatic rings. The molecular weight excluding hydrogens is 246 g/mol.